The smallest absolute Gasteiger partial charge is 0.293 e. The second kappa shape index (κ2) is 17.0. The minimum Gasteiger partial charge on any atom is -0.508 e. The third kappa shape index (κ3) is 15.0. The molecule has 3 aromatic carbocycles. The van der Waals surface area contributed by atoms with Crippen molar-refractivity contribution in [2.24, 2.45) is 0 Å². The van der Waals surface area contributed by atoms with Gasteiger partial charge in [0.2, 0.25) is 0 Å². The van der Waals surface area contributed by atoms with Crippen LogP contribution in [0, 0.1) is 0 Å². The summed E-state index contributed by atoms with van der Waals surface area (Å²) in [5, 5.41) is 25.8. The Bertz CT molecular complexity index is 2240. The van der Waals surface area contributed by atoms with Gasteiger partial charge in [-0.15, -0.1) is 23.2 Å². The molecule has 0 radical (unpaired) electrons. The Labute approximate surface area is 340 Å². The Morgan fingerprint density at radius 3 is 1.27 bits per heavy atom. The number of hydrogen-bond donors (Lipinski definition) is 3. The SMILES string of the molecule is ClCCl.[2H]C([2H])([2H])C(C)(C)c1cc(C(C)(C)C)cc(C(C([2H])([2H])[2H])(C([2H])([2H])[2H])C([2H])([2H])[2H])c1O.[2H]Oc1c([2H])cc(C(C)(C)C)cc1[2H].[2H]c1cc(C(C)(C)C)cc(C(C([2H])([2H])[2H])(C([2H])([2H])[2H])C([2H])([2H])[2H])c1O. The molecule has 0 amide bonds. The molecule has 0 atom stereocenters. The van der Waals surface area contributed by atoms with Gasteiger partial charge in [0.1, 0.15) is 17.2 Å². The van der Waals surface area contributed by atoms with Crippen molar-refractivity contribution in [3.05, 3.63) is 87.9 Å². The molecule has 3 rings (SSSR count). The molecule has 3 aromatic rings. The van der Waals surface area contributed by atoms with Gasteiger partial charge in [0.05, 0.1) is 9.45 Å². The molecular formula is C43H68Cl2O3. The molecule has 0 fully saturated rings. The van der Waals surface area contributed by atoms with E-state index in [1.165, 1.54) is 26.0 Å². The number of aromatic hydroxyl groups is 3. The Balaban J connectivity index is 0.00000110. The van der Waals surface area contributed by atoms with Crippen molar-refractivity contribution >= 4 is 23.2 Å². The van der Waals surface area contributed by atoms with Crippen molar-refractivity contribution in [2.75, 3.05) is 5.34 Å². The number of benzene rings is 3. The van der Waals surface area contributed by atoms with Crippen LogP contribution >= 0.6 is 23.2 Å². The van der Waals surface area contributed by atoms with Crippen LogP contribution in [-0.4, -0.2) is 22.1 Å². The van der Waals surface area contributed by atoms with Crippen LogP contribution < -0.4 is 0 Å². The first kappa shape index (κ1) is 18.8. The number of halogens is 2. The van der Waals surface area contributed by atoms with Crippen molar-refractivity contribution < 1.29 is 48.2 Å². The molecule has 0 aliphatic heterocycles. The molecule has 3 N–H and O–H groups in total. The number of hydrogen-bond acceptors (Lipinski definition) is 3. The first-order valence-corrected chi connectivity index (χ1v) is 16.0. The van der Waals surface area contributed by atoms with Crippen LogP contribution in [0.4, 0.5) is 0 Å². The van der Waals surface area contributed by atoms with E-state index in [-0.39, 0.29) is 34.2 Å². The molecule has 272 valence electrons. The minimum absolute atomic E-state index is 0.0120. The molecule has 0 aliphatic rings. The van der Waals surface area contributed by atoms with Gasteiger partial charge in [-0.2, -0.15) is 0 Å². The Kier molecular flexibility index (Phi) is 6.66. The predicted molar refractivity (Wildman–Crippen MR) is 213 cm³/mol. The molecule has 0 aliphatic carbocycles. The molecule has 0 saturated heterocycles. The van der Waals surface area contributed by atoms with E-state index in [1.807, 2.05) is 20.8 Å². The van der Waals surface area contributed by atoms with Crippen molar-refractivity contribution in [1.82, 2.24) is 0 Å². The molecular weight excluding hydrogens is 635 g/mol. The lowest BCUT2D eigenvalue weighted by molar-refractivity contribution is 0.420. The monoisotopic (exact) mass is 728 g/mol. The van der Waals surface area contributed by atoms with E-state index in [2.05, 4.69) is 5.11 Å². The topological polar surface area (TPSA) is 60.7 Å². The average molecular weight is 729 g/mol. The lowest BCUT2D eigenvalue weighted by Crippen LogP contribution is -2.21. The molecule has 0 aromatic heterocycles. The highest BCUT2D eigenvalue weighted by Crippen LogP contribution is 2.42. The van der Waals surface area contributed by atoms with Crippen LogP contribution in [0.3, 0.4) is 0 Å². The highest BCUT2D eigenvalue weighted by Gasteiger charge is 2.29. The van der Waals surface area contributed by atoms with E-state index >= 15 is 0 Å². The van der Waals surface area contributed by atoms with Gasteiger partial charge < -0.3 is 15.3 Å². The quantitative estimate of drug-likeness (QED) is 0.219. The Hall–Kier alpha value is -2.36. The zero-order valence-electron chi connectivity index (χ0n) is 54.7. The normalized spacial score (nSPS) is 21.9. The summed E-state index contributed by atoms with van der Waals surface area (Å²) in [6, 6.07) is 7.73. The Morgan fingerprint density at radius 2 is 0.896 bits per heavy atom. The van der Waals surface area contributed by atoms with Gasteiger partial charge >= 0.3 is 0 Å². The lowest BCUT2D eigenvalue weighted by atomic mass is 9.75. The zero-order chi connectivity index (χ0) is 59.1. The maximum absolute atomic E-state index is 11.1. The van der Waals surface area contributed by atoms with Crippen LogP contribution in [0.2, 0.25) is 0 Å². The van der Waals surface area contributed by atoms with E-state index in [0.29, 0.717) is 11.1 Å². The molecule has 0 spiro atoms. The van der Waals surface area contributed by atoms with Crippen molar-refractivity contribution in [2.45, 2.75) is 157 Å². The zero-order valence-corrected chi connectivity index (χ0v) is 31.2. The minimum atomic E-state index is -3.58. The maximum Gasteiger partial charge on any atom is 0.293 e. The fourth-order valence-corrected chi connectivity index (χ4v) is 3.84. The summed E-state index contributed by atoms with van der Waals surface area (Å²) in [5.74, 6) is -1.88. The van der Waals surface area contributed by atoms with Crippen LogP contribution in [0.15, 0.2) is 54.5 Å². The largest absolute Gasteiger partial charge is 0.508 e. The highest BCUT2D eigenvalue weighted by atomic mass is 35.5. The van der Waals surface area contributed by atoms with Gasteiger partial charge in [-0.25, -0.2) is 0 Å². The summed E-state index contributed by atoms with van der Waals surface area (Å²) < 4.78 is 194. The van der Waals surface area contributed by atoms with E-state index in [9.17, 15) is 10.2 Å². The molecule has 0 bridgehead atoms. The fourth-order valence-electron chi connectivity index (χ4n) is 3.84. The van der Waals surface area contributed by atoms with E-state index in [4.69, 9.17) is 57.5 Å². The maximum atomic E-state index is 11.1. The standard InChI is InChI=1S/C18H30O.C14H22O.C10H14O.CH2Cl2/c1-16(2,3)12-10-13(17(4,5)6)15(19)14(11-12)18(7,8)9;1-13(2,3)10-7-8-12(15)11(9-10)14(4,5)6;1-10(2,3)8-4-6-9(11)7-5-8;2-1-3/h10-11,19H,1-9H3;7-9,15H,1-6H3;4-7,11H,1-3H3;1H2/i4D3,5D3,6D3,7D3;4D3,5D3,6D3,8D;6D,7D;/hD. The lowest BCUT2D eigenvalue weighted by Gasteiger charge is -2.31. The second-order valence-electron chi connectivity index (χ2n) is 14.9. The number of phenolic OH excluding ortho intramolecular Hbond substituents is 3. The summed E-state index contributed by atoms with van der Waals surface area (Å²) >= 11 is 9.53. The Morgan fingerprint density at radius 1 is 0.542 bits per heavy atom. The van der Waals surface area contributed by atoms with Gasteiger partial charge in [-0.05, 0) is 84.0 Å². The fraction of sp³-hybridized carbons (Fsp3) is 0.581. The van der Waals surface area contributed by atoms with Crippen molar-refractivity contribution in [1.29, 1.82) is 1.43 Å². The van der Waals surface area contributed by atoms with Gasteiger partial charge in [-0.1, -0.05) is 161 Å². The van der Waals surface area contributed by atoms with Crippen molar-refractivity contribution in [3.8, 4) is 17.2 Å². The summed E-state index contributed by atoms with van der Waals surface area (Å²) in [4.78, 5) is 0. The third-order valence-corrected chi connectivity index (χ3v) is 6.83. The van der Waals surface area contributed by atoms with Crippen LogP contribution in [0.5, 0.6) is 17.2 Å². The van der Waals surface area contributed by atoms with Crippen LogP contribution in [0.25, 0.3) is 0 Å². The molecule has 0 unspecified atom stereocenters. The average Bonchev–Trinajstić information content (AvgIpc) is 3.09. The van der Waals surface area contributed by atoms with Gasteiger partial charge in [0, 0.05) is 28.8 Å². The van der Waals surface area contributed by atoms with E-state index in [1.54, 1.807) is 53.7 Å². The number of phenols is 3. The molecule has 5 heteroatoms. The highest BCUT2D eigenvalue weighted by molar-refractivity contribution is 6.40. The first-order valence-electron chi connectivity index (χ1n) is 27.3. The van der Waals surface area contributed by atoms with Crippen LogP contribution in [0.1, 0.15) is 190 Å². The summed E-state index contributed by atoms with van der Waals surface area (Å²) in [5.41, 5.74) is -10.2. The first-order chi connectivity index (χ1) is 31.8. The number of rotatable bonds is 1. The third-order valence-electron chi connectivity index (χ3n) is 6.83. The predicted octanol–water partition coefficient (Wildman–Crippen LogP) is 13.4. The molecule has 48 heavy (non-hydrogen) atoms. The van der Waals surface area contributed by atoms with Crippen molar-refractivity contribution in [3.63, 3.8) is 0 Å². The van der Waals surface area contributed by atoms with E-state index in [0.717, 1.165) is 17.7 Å². The summed E-state index contributed by atoms with van der Waals surface area (Å²) in [6.45, 7) is -4.84. The van der Waals surface area contributed by atoms with Gasteiger partial charge in [-0.3, -0.25) is 0 Å². The summed E-state index contributed by atoms with van der Waals surface area (Å²) in [7, 11) is 0. The second-order valence-corrected chi connectivity index (χ2v) is 15.7. The van der Waals surface area contributed by atoms with Gasteiger partial charge in [0.15, 0.2) is 0 Å². The van der Waals surface area contributed by atoms with E-state index < -0.39 is 104 Å². The molecule has 0 heterocycles. The summed E-state index contributed by atoms with van der Waals surface area (Å²) in [6.07, 6.45) is 0. The van der Waals surface area contributed by atoms with Gasteiger partial charge in [0.25, 0.3) is 1.43 Å². The number of alkyl halides is 2. The van der Waals surface area contributed by atoms with Crippen LogP contribution in [-0.2, 0) is 32.5 Å². The molecule has 3 nitrogen and oxygen atoms in total. The molecule has 0 saturated carbocycles.